The largest absolute Gasteiger partial charge is 0.299 e. The van der Waals surface area contributed by atoms with E-state index in [0.29, 0.717) is 0 Å². The fraction of sp³-hybridized carbons (Fsp3) is 0.0476. The smallest absolute Gasteiger partial charge is 0.267 e. The Labute approximate surface area is 195 Å². The van der Waals surface area contributed by atoms with Gasteiger partial charge in [0.2, 0.25) is 10.0 Å². The molecule has 0 saturated carbocycles. The van der Waals surface area contributed by atoms with Crippen LogP contribution in [0.4, 0.5) is 13.2 Å². The van der Waals surface area contributed by atoms with Crippen molar-refractivity contribution in [3.05, 3.63) is 81.9 Å². The van der Waals surface area contributed by atoms with Gasteiger partial charge in [-0.25, -0.2) is 31.3 Å². The zero-order valence-corrected chi connectivity index (χ0v) is 18.9. The summed E-state index contributed by atoms with van der Waals surface area (Å²) in [5.74, 6) is -3.62. The summed E-state index contributed by atoms with van der Waals surface area (Å²) < 4.78 is 68.9. The average molecular weight is 514 g/mol. The Morgan fingerprint density at radius 3 is 2.42 bits per heavy atom. The van der Waals surface area contributed by atoms with Crippen molar-refractivity contribution < 1.29 is 26.4 Å². The minimum atomic E-state index is -3.94. The molecular formula is C21H12Cl2F3N3O3S. The van der Waals surface area contributed by atoms with Gasteiger partial charge in [0, 0.05) is 33.8 Å². The first kappa shape index (κ1) is 23.1. The van der Waals surface area contributed by atoms with Crippen LogP contribution in [0, 0.1) is 17.5 Å². The van der Waals surface area contributed by atoms with Crippen LogP contribution >= 0.6 is 23.2 Å². The van der Waals surface area contributed by atoms with Gasteiger partial charge in [0.15, 0.2) is 0 Å². The van der Waals surface area contributed by atoms with Gasteiger partial charge in [0.1, 0.15) is 23.1 Å². The van der Waals surface area contributed by atoms with Gasteiger partial charge >= 0.3 is 0 Å². The van der Waals surface area contributed by atoms with Crippen molar-refractivity contribution in [2.75, 3.05) is 6.26 Å². The molecule has 0 aliphatic heterocycles. The van der Waals surface area contributed by atoms with Crippen molar-refractivity contribution in [3.8, 4) is 16.8 Å². The van der Waals surface area contributed by atoms with Crippen LogP contribution in [0.15, 0.2) is 48.8 Å². The van der Waals surface area contributed by atoms with E-state index in [-0.39, 0.29) is 37.9 Å². The van der Waals surface area contributed by atoms with E-state index in [1.54, 1.807) is 4.72 Å². The van der Waals surface area contributed by atoms with Gasteiger partial charge in [-0.15, -0.1) is 0 Å². The summed E-state index contributed by atoms with van der Waals surface area (Å²) in [7, 11) is -3.94. The maximum atomic E-state index is 14.8. The number of nitrogens with one attached hydrogen (secondary N) is 1. The maximum Gasteiger partial charge on any atom is 0.267 e. The summed E-state index contributed by atoms with van der Waals surface area (Å²) in [6.07, 6.45) is 3.06. The molecule has 4 aromatic rings. The third-order valence-corrected chi connectivity index (χ3v) is 5.74. The summed E-state index contributed by atoms with van der Waals surface area (Å²) >= 11 is 12.1. The van der Waals surface area contributed by atoms with E-state index in [1.165, 1.54) is 22.9 Å². The Balaban J connectivity index is 1.92. The number of pyridine rings is 1. The Morgan fingerprint density at radius 2 is 1.76 bits per heavy atom. The van der Waals surface area contributed by atoms with Crippen LogP contribution in [-0.2, 0) is 10.0 Å². The Hall–Kier alpha value is -3.08. The third-order valence-electron chi connectivity index (χ3n) is 4.65. The number of carbonyl (C=O) groups excluding carboxylic acids is 1. The van der Waals surface area contributed by atoms with Crippen LogP contribution in [0.25, 0.3) is 27.8 Å². The van der Waals surface area contributed by atoms with Crippen molar-refractivity contribution in [1.82, 2.24) is 14.3 Å². The second-order valence-corrected chi connectivity index (χ2v) is 9.64. The van der Waals surface area contributed by atoms with Gasteiger partial charge in [-0.3, -0.25) is 9.36 Å². The summed E-state index contributed by atoms with van der Waals surface area (Å²) in [4.78, 5) is 16.1. The minimum absolute atomic E-state index is 0.00908. The molecule has 0 saturated heterocycles. The van der Waals surface area contributed by atoms with Crippen LogP contribution in [0.2, 0.25) is 10.0 Å². The fourth-order valence-electron chi connectivity index (χ4n) is 3.31. The Morgan fingerprint density at radius 1 is 1.03 bits per heavy atom. The summed E-state index contributed by atoms with van der Waals surface area (Å²) in [6, 6.07) is 6.94. The van der Waals surface area contributed by atoms with Crippen LogP contribution in [0.3, 0.4) is 0 Å². The van der Waals surface area contributed by atoms with Gasteiger partial charge in [-0.05, 0) is 30.3 Å². The van der Waals surface area contributed by atoms with Gasteiger partial charge in [-0.2, -0.15) is 0 Å². The summed E-state index contributed by atoms with van der Waals surface area (Å²) in [5.41, 5.74) is -0.128. The predicted molar refractivity (Wildman–Crippen MR) is 119 cm³/mol. The van der Waals surface area contributed by atoms with Gasteiger partial charge in [0.05, 0.1) is 28.7 Å². The van der Waals surface area contributed by atoms with Gasteiger partial charge < -0.3 is 0 Å². The summed E-state index contributed by atoms with van der Waals surface area (Å²) in [5, 5.41) is 0.241. The van der Waals surface area contributed by atoms with Gasteiger partial charge in [0.25, 0.3) is 5.91 Å². The Kier molecular flexibility index (Phi) is 5.85. The molecule has 2 heterocycles. The first-order chi connectivity index (χ1) is 15.4. The van der Waals surface area contributed by atoms with E-state index >= 15 is 0 Å². The molecule has 0 fully saturated rings. The topological polar surface area (TPSA) is 81.1 Å². The highest BCUT2D eigenvalue weighted by Gasteiger charge is 2.22. The predicted octanol–water partition coefficient (Wildman–Crippen LogP) is 5.11. The molecular weight excluding hydrogens is 502 g/mol. The molecule has 0 spiro atoms. The number of carbonyl (C=O) groups is 1. The van der Waals surface area contributed by atoms with Crippen LogP contribution < -0.4 is 4.72 Å². The molecule has 1 N–H and O–H groups in total. The minimum Gasteiger partial charge on any atom is -0.299 e. The Bertz CT molecular complexity index is 1560. The van der Waals surface area contributed by atoms with Crippen molar-refractivity contribution >= 4 is 50.2 Å². The molecule has 4 rings (SSSR count). The van der Waals surface area contributed by atoms with Crippen molar-refractivity contribution in [2.24, 2.45) is 0 Å². The molecule has 12 heteroatoms. The molecule has 170 valence electrons. The maximum absolute atomic E-state index is 14.8. The second-order valence-electron chi connectivity index (χ2n) is 7.05. The first-order valence-electron chi connectivity index (χ1n) is 9.08. The van der Waals surface area contributed by atoms with E-state index in [2.05, 4.69) is 4.98 Å². The van der Waals surface area contributed by atoms with E-state index in [1.807, 2.05) is 0 Å². The number of sulfonamides is 1. The third kappa shape index (κ3) is 4.54. The number of rotatable bonds is 4. The molecule has 0 radical (unpaired) electrons. The number of amides is 1. The molecule has 2 aromatic heterocycles. The van der Waals surface area contributed by atoms with E-state index < -0.39 is 38.9 Å². The monoisotopic (exact) mass is 513 g/mol. The number of aromatic nitrogens is 2. The molecule has 0 unspecified atom stereocenters. The number of fused-ring (bicyclic) bond motifs is 1. The zero-order chi connectivity index (χ0) is 24.1. The van der Waals surface area contributed by atoms with E-state index in [0.717, 1.165) is 36.7 Å². The molecule has 0 aliphatic carbocycles. The lowest BCUT2D eigenvalue weighted by Crippen LogP contribution is -2.30. The lowest BCUT2D eigenvalue weighted by atomic mass is 10.1. The average Bonchev–Trinajstić information content (AvgIpc) is 3.06. The quantitative estimate of drug-likeness (QED) is 0.411. The van der Waals surface area contributed by atoms with E-state index in [9.17, 15) is 26.4 Å². The SMILES string of the molecule is CS(=O)(=O)NC(=O)c1cc(Cl)c(-n2cc(-c3ccc(Cl)cc3F)c3cc(F)cnc32)cc1F. The molecule has 0 bridgehead atoms. The zero-order valence-electron chi connectivity index (χ0n) is 16.5. The molecule has 1 amide bonds. The molecule has 2 aromatic carbocycles. The highest BCUT2D eigenvalue weighted by Crippen LogP contribution is 2.36. The lowest BCUT2D eigenvalue weighted by molar-refractivity contribution is 0.0978. The number of hydrogen-bond acceptors (Lipinski definition) is 4. The van der Waals surface area contributed by atoms with Crippen LogP contribution in [0.1, 0.15) is 10.4 Å². The van der Waals surface area contributed by atoms with Crippen LogP contribution in [0.5, 0.6) is 0 Å². The first-order valence-corrected chi connectivity index (χ1v) is 11.7. The van der Waals surface area contributed by atoms with E-state index in [4.69, 9.17) is 23.2 Å². The fourth-order valence-corrected chi connectivity index (χ4v) is 4.17. The standard InChI is InChI=1S/C21H12Cl2F3N3O3S/c1-33(31,32)28-21(30)14-6-16(23)19(7-18(14)26)29-9-15(12-3-2-10(22)4-17(12)25)13-5-11(24)8-27-20(13)29/h2-9H,1H3,(H,28,30). The molecule has 0 atom stereocenters. The van der Waals surface area contributed by atoms with Crippen molar-refractivity contribution in [3.63, 3.8) is 0 Å². The lowest BCUT2D eigenvalue weighted by Gasteiger charge is -2.11. The normalized spacial score (nSPS) is 11.7. The number of nitrogens with zero attached hydrogens (tertiary/aromatic N) is 2. The van der Waals surface area contributed by atoms with Crippen LogP contribution in [-0.4, -0.2) is 30.1 Å². The van der Waals surface area contributed by atoms with Crippen molar-refractivity contribution in [2.45, 2.75) is 0 Å². The highest BCUT2D eigenvalue weighted by atomic mass is 35.5. The molecule has 0 aliphatic rings. The van der Waals surface area contributed by atoms with Crippen molar-refractivity contribution in [1.29, 1.82) is 0 Å². The molecule has 33 heavy (non-hydrogen) atoms. The molecule has 6 nitrogen and oxygen atoms in total. The van der Waals surface area contributed by atoms with Gasteiger partial charge in [-0.1, -0.05) is 23.2 Å². The number of benzene rings is 2. The second kappa shape index (κ2) is 8.36. The number of halogens is 5. The highest BCUT2D eigenvalue weighted by molar-refractivity contribution is 7.89. The number of hydrogen-bond donors (Lipinski definition) is 1. The summed E-state index contributed by atoms with van der Waals surface area (Å²) in [6.45, 7) is 0.